The van der Waals surface area contributed by atoms with Crippen molar-refractivity contribution in [2.45, 2.75) is 13.3 Å². The number of rotatable bonds is 7. The first kappa shape index (κ1) is 18.2. The Kier molecular flexibility index (Phi) is 6.58. The van der Waals surface area contributed by atoms with Gasteiger partial charge in [-0.25, -0.2) is 4.39 Å². The largest absolute Gasteiger partial charge is 0.495 e. The Morgan fingerprint density at radius 3 is 2.62 bits per heavy atom. The fourth-order valence-corrected chi connectivity index (χ4v) is 2.36. The van der Waals surface area contributed by atoms with E-state index in [0.717, 1.165) is 17.5 Å². The topological polar surface area (TPSA) is 50.4 Å². The van der Waals surface area contributed by atoms with Crippen LogP contribution in [0.5, 0.6) is 5.75 Å². The third-order valence-corrected chi connectivity index (χ3v) is 3.95. The van der Waals surface area contributed by atoms with Gasteiger partial charge in [-0.05, 0) is 49.2 Å². The molecule has 6 heteroatoms. The van der Waals surface area contributed by atoms with Crippen LogP contribution in [-0.4, -0.2) is 26.1 Å². The van der Waals surface area contributed by atoms with Gasteiger partial charge in [0.25, 0.3) is 0 Å². The summed E-state index contributed by atoms with van der Waals surface area (Å²) in [5, 5.41) is 6.45. The number of amides is 1. The summed E-state index contributed by atoms with van der Waals surface area (Å²) < 4.78 is 18.0. The van der Waals surface area contributed by atoms with Crippen molar-refractivity contribution in [1.82, 2.24) is 5.32 Å². The Bertz CT molecular complexity index is 705. The first-order chi connectivity index (χ1) is 11.5. The number of benzene rings is 2. The summed E-state index contributed by atoms with van der Waals surface area (Å²) in [5.41, 5.74) is 2.46. The number of anilines is 1. The van der Waals surface area contributed by atoms with Gasteiger partial charge >= 0.3 is 0 Å². The van der Waals surface area contributed by atoms with E-state index < -0.39 is 0 Å². The summed E-state index contributed by atoms with van der Waals surface area (Å²) in [7, 11) is 1.53. The van der Waals surface area contributed by atoms with Crippen molar-refractivity contribution >= 4 is 23.2 Å². The lowest BCUT2D eigenvalue weighted by Gasteiger charge is -2.12. The monoisotopic (exact) mass is 350 g/mol. The highest BCUT2D eigenvalue weighted by Gasteiger charge is 2.10. The molecule has 0 heterocycles. The van der Waals surface area contributed by atoms with E-state index in [1.54, 1.807) is 24.3 Å². The second kappa shape index (κ2) is 8.66. The third kappa shape index (κ3) is 5.22. The van der Waals surface area contributed by atoms with Gasteiger partial charge in [-0.15, -0.1) is 0 Å². The van der Waals surface area contributed by atoms with Crippen molar-refractivity contribution < 1.29 is 13.9 Å². The number of methoxy groups -OCH3 is 1. The van der Waals surface area contributed by atoms with E-state index in [1.807, 2.05) is 6.92 Å². The molecule has 1 amide bonds. The van der Waals surface area contributed by atoms with Crippen LogP contribution in [0.3, 0.4) is 0 Å². The number of hydrogen-bond donors (Lipinski definition) is 2. The Hall–Kier alpha value is -2.11. The number of halogens is 2. The SMILES string of the molecule is COc1cc(Cl)c(C)cc1NC(=O)CNCCc1ccc(F)cc1. The fraction of sp³-hybridized carbons (Fsp3) is 0.278. The summed E-state index contributed by atoms with van der Waals surface area (Å²) in [6, 6.07) is 9.78. The van der Waals surface area contributed by atoms with E-state index in [4.69, 9.17) is 16.3 Å². The quantitative estimate of drug-likeness (QED) is 0.751. The van der Waals surface area contributed by atoms with Crippen LogP contribution in [0, 0.1) is 12.7 Å². The highest BCUT2D eigenvalue weighted by atomic mass is 35.5. The molecule has 2 aromatic carbocycles. The van der Waals surface area contributed by atoms with Crippen LogP contribution < -0.4 is 15.4 Å². The van der Waals surface area contributed by atoms with Gasteiger partial charge in [0.15, 0.2) is 0 Å². The standard InChI is InChI=1S/C18H20ClFN2O2/c1-12-9-16(17(24-2)10-15(12)19)22-18(23)11-21-8-7-13-3-5-14(20)6-4-13/h3-6,9-10,21H,7-8,11H2,1-2H3,(H,22,23). The molecule has 0 unspecified atom stereocenters. The fourth-order valence-electron chi connectivity index (χ4n) is 2.21. The minimum absolute atomic E-state index is 0.172. The number of carbonyl (C=O) groups is 1. The lowest BCUT2D eigenvalue weighted by molar-refractivity contribution is -0.115. The summed E-state index contributed by atoms with van der Waals surface area (Å²) in [6.45, 7) is 2.65. The van der Waals surface area contributed by atoms with Gasteiger partial charge in [-0.2, -0.15) is 0 Å². The molecular formula is C18H20ClFN2O2. The van der Waals surface area contributed by atoms with E-state index in [0.29, 0.717) is 23.0 Å². The van der Waals surface area contributed by atoms with Gasteiger partial charge < -0.3 is 15.4 Å². The smallest absolute Gasteiger partial charge is 0.238 e. The molecule has 24 heavy (non-hydrogen) atoms. The molecule has 2 aromatic rings. The molecule has 0 aliphatic rings. The van der Waals surface area contributed by atoms with Crippen molar-refractivity contribution in [2.75, 3.05) is 25.5 Å². The molecule has 0 saturated carbocycles. The highest BCUT2D eigenvalue weighted by Crippen LogP contribution is 2.30. The van der Waals surface area contributed by atoms with Gasteiger partial charge in [-0.3, -0.25) is 4.79 Å². The summed E-state index contributed by atoms with van der Waals surface area (Å²) in [6.07, 6.45) is 0.719. The first-order valence-electron chi connectivity index (χ1n) is 7.58. The van der Waals surface area contributed by atoms with E-state index in [2.05, 4.69) is 10.6 Å². The Labute approximate surface area is 146 Å². The average molecular weight is 351 g/mol. The maximum absolute atomic E-state index is 12.8. The zero-order valence-corrected chi connectivity index (χ0v) is 14.4. The van der Waals surface area contributed by atoms with Crippen LogP contribution in [0.4, 0.5) is 10.1 Å². The van der Waals surface area contributed by atoms with E-state index >= 15 is 0 Å². The second-order valence-corrected chi connectivity index (χ2v) is 5.81. The number of nitrogens with one attached hydrogen (secondary N) is 2. The molecule has 0 aliphatic carbocycles. The summed E-state index contributed by atoms with van der Waals surface area (Å²) in [5.74, 6) is 0.0951. The molecule has 4 nitrogen and oxygen atoms in total. The molecule has 128 valence electrons. The van der Waals surface area contributed by atoms with Crippen LogP contribution in [0.25, 0.3) is 0 Å². The van der Waals surface area contributed by atoms with Gasteiger partial charge in [-0.1, -0.05) is 23.7 Å². The predicted molar refractivity (Wildman–Crippen MR) is 94.3 cm³/mol. The van der Waals surface area contributed by atoms with Crippen molar-refractivity contribution in [3.05, 3.63) is 58.4 Å². The van der Waals surface area contributed by atoms with E-state index in [1.165, 1.54) is 19.2 Å². The number of aryl methyl sites for hydroxylation is 1. The third-order valence-electron chi connectivity index (χ3n) is 3.54. The van der Waals surface area contributed by atoms with Crippen molar-refractivity contribution in [3.8, 4) is 5.75 Å². The zero-order chi connectivity index (χ0) is 17.5. The molecule has 2 rings (SSSR count). The lowest BCUT2D eigenvalue weighted by atomic mass is 10.1. The van der Waals surface area contributed by atoms with Crippen molar-refractivity contribution in [2.24, 2.45) is 0 Å². The molecule has 0 atom stereocenters. The van der Waals surface area contributed by atoms with E-state index in [-0.39, 0.29) is 18.3 Å². The van der Waals surface area contributed by atoms with Crippen LogP contribution in [0.2, 0.25) is 5.02 Å². The zero-order valence-electron chi connectivity index (χ0n) is 13.7. The molecule has 0 aromatic heterocycles. The van der Waals surface area contributed by atoms with Gasteiger partial charge in [0.2, 0.25) is 5.91 Å². The minimum atomic E-state index is -0.252. The Balaban J connectivity index is 1.81. The van der Waals surface area contributed by atoms with Gasteiger partial charge in [0.1, 0.15) is 11.6 Å². The molecule has 2 N–H and O–H groups in total. The van der Waals surface area contributed by atoms with Crippen LogP contribution in [-0.2, 0) is 11.2 Å². The minimum Gasteiger partial charge on any atom is -0.495 e. The first-order valence-corrected chi connectivity index (χ1v) is 7.96. The maximum atomic E-state index is 12.8. The molecule has 0 aliphatic heterocycles. The Morgan fingerprint density at radius 2 is 1.96 bits per heavy atom. The molecule has 0 spiro atoms. The highest BCUT2D eigenvalue weighted by molar-refractivity contribution is 6.31. The molecule has 0 saturated heterocycles. The van der Waals surface area contributed by atoms with E-state index in [9.17, 15) is 9.18 Å². The summed E-state index contributed by atoms with van der Waals surface area (Å²) >= 11 is 6.04. The molecule has 0 fully saturated rings. The number of ether oxygens (including phenoxy) is 1. The Morgan fingerprint density at radius 1 is 1.25 bits per heavy atom. The molecule has 0 bridgehead atoms. The second-order valence-electron chi connectivity index (χ2n) is 5.40. The van der Waals surface area contributed by atoms with Crippen LogP contribution in [0.1, 0.15) is 11.1 Å². The predicted octanol–water partition coefficient (Wildman–Crippen LogP) is 3.57. The van der Waals surface area contributed by atoms with Crippen molar-refractivity contribution in [1.29, 1.82) is 0 Å². The lowest BCUT2D eigenvalue weighted by Crippen LogP contribution is -2.29. The normalized spacial score (nSPS) is 10.5. The van der Waals surface area contributed by atoms with Crippen LogP contribution >= 0.6 is 11.6 Å². The average Bonchev–Trinajstić information content (AvgIpc) is 2.56. The van der Waals surface area contributed by atoms with Crippen LogP contribution in [0.15, 0.2) is 36.4 Å². The molecular weight excluding hydrogens is 331 g/mol. The van der Waals surface area contributed by atoms with Crippen molar-refractivity contribution in [3.63, 3.8) is 0 Å². The molecule has 0 radical (unpaired) electrons. The summed E-state index contributed by atoms with van der Waals surface area (Å²) in [4.78, 5) is 12.0. The van der Waals surface area contributed by atoms with Gasteiger partial charge in [0, 0.05) is 11.1 Å². The maximum Gasteiger partial charge on any atom is 0.238 e. The van der Waals surface area contributed by atoms with Gasteiger partial charge in [0.05, 0.1) is 19.3 Å². The number of hydrogen-bond acceptors (Lipinski definition) is 3. The number of carbonyl (C=O) groups excluding carboxylic acids is 1.